The molecule has 2 rings (SSSR count). The summed E-state index contributed by atoms with van der Waals surface area (Å²) in [5, 5.41) is 0.628. The predicted octanol–water partition coefficient (Wildman–Crippen LogP) is 6.09. The third-order valence-electron chi connectivity index (χ3n) is 2.72. The number of benzene rings is 2. The molecule has 19 heavy (non-hydrogen) atoms. The standard InChI is InChI=1S/C14H10BrCl3O/c1-19-13-7-11(16)9(6-12(13)17)14(18)8-4-2-3-5-10(8)15/h2-7,14H,1H3. The third kappa shape index (κ3) is 3.19. The molecule has 1 nitrogen and oxygen atoms in total. The van der Waals surface area contributed by atoms with Gasteiger partial charge in [-0.15, -0.1) is 11.6 Å². The Kier molecular flexibility index (Phi) is 5.02. The summed E-state index contributed by atoms with van der Waals surface area (Å²) in [6, 6.07) is 11.1. The summed E-state index contributed by atoms with van der Waals surface area (Å²) in [6.45, 7) is 0. The topological polar surface area (TPSA) is 9.23 Å². The molecule has 0 saturated heterocycles. The van der Waals surface area contributed by atoms with Crippen molar-refractivity contribution in [1.82, 2.24) is 0 Å². The van der Waals surface area contributed by atoms with Gasteiger partial charge in [-0.25, -0.2) is 0 Å². The lowest BCUT2D eigenvalue weighted by Gasteiger charge is -2.15. The number of rotatable bonds is 3. The van der Waals surface area contributed by atoms with E-state index in [1.165, 1.54) is 0 Å². The maximum absolute atomic E-state index is 6.50. The molecule has 0 aliphatic heterocycles. The lowest BCUT2D eigenvalue weighted by Crippen LogP contribution is -1.97. The molecule has 0 radical (unpaired) electrons. The molecule has 0 spiro atoms. The highest BCUT2D eigenvalue weighted by Crippen LogP contribution is 2.40. The molecule has 0 saturated carbocycles. The van der Waals surface area contributed by atoms with Crippen LogP contribution in [0.15, 0.2) is 40.9 Å². The minimum atomic E-state index is -0.383. The fraction of sp³-hybridized carbons (Fsp3) is 0.143. The van der Waals surface area contributed by atoms with E-state index in [0.717, 1.165) is 15.6 Å². The van der Waals surface area contributed by atoms with Crippen LogP contribution in [0.2, 0.25) is 10.0 Å². The zero-order valence-electron chi connectivity index (χ0n) is 9.96. The molecule has 0 bridgehead atoms. The van der Waals surface area contributed by atoms with Gasteiger partial charge in [-0.3, -0.25) is 0 Å². The number of halogens is 4. The number of methoxy groups -OCH3 is 1. The summed E-state index contributed by atoms with van der Waals surface area (Å²) >= 11 is 22.3. The molecular weight excluding hydrogens is 370 g/mol. The largest absolute Gasteiger partial charge is 0.495 e. The Morgan fingerprint density at radius 2 is 1.74 bits per heavy atom. The highest BCUT2D eigenvalue weighted by atomic mass is 79.9. The van der Waals surface area contributed by atoms with Gasteiger partial charge < -0.3 is 4.74 Å². The van der Waals surface area contributed by atoms with Gasteiger partial charge >= 0.3 is 0 Å². The Balaban J connectivity index is 2.48. The summed E-state index contributed by atoms with van der Waals surface area (Å²) in [6.07, 6.45) is 0. The molecule has 1 atom stereocenters. The average molecular weight is 380 g/mol. The molecule has 5 heteroatoms. The smallest absolute Gasteiger partial charge is 0.138 e. The summed E-state index contributed by atoms with van der Waals surface area (Å²) in [5.74, 6) is 0.534. The van der Waals surface area contributed by atoms with Crippen molar-refractivity contribution in [2.24, 2.45) is 0 Å². The van der Waals surface area contributed by atoms with Crippen LogP contribution in [0.25, 0.3) is 0 Å². The molecular formula is C14H10BrCl3O. The van der Waals surface area contributed by atoms with E-state index in [1.54, 1.807) is 19.2 Å². The average Bonchev–Trinajstić information content (AvgIpc) is 2.40. The number of alkyl halides is 1. The van der Waals surface area contributed by atoms with Gasteiger partial charge in [-0.2, -0.15) is 0 Å². The van der Waals surface area contributed by atoms with E-state index in [9.17, 15) is 0 Å². The fourth-order valence-electron chi connectivity index (χ4n) is 1.74. The minimum Gasteiger partial charge on any atom is -0.495 e. The van der Waals surface area contributed by atoms with Gasteiger partial charge in [-0.1, -0.05) is 57.3 Å². The van der Waals surface area contributed by atoms with Crippen molar-refractivity contribution in [2.75, 3.05) is 7.11 Å². The molecule has 0 aliphatic rings. The Morgan fingerprint density at radius 3 is 2.37 bits per heavy atom. The van der Waals surface area contributed by atoms with Gasteiger partial charge in [0, 0.05) is 15.6 Å². The molecule has 2 aromatic rings. The number of hydrogen-bond acceptors (Lipinski definition) is 1. The Hall–Kier alpha value is -0.410. The first kappa shape index (κ1) is 15.0. The van der Waals surface area contributed by atoms with Crippen LogP contribution in [0.4, 0.5) is 0 Å². The van der Waals surface area contributed by atoms with Gasteiger partial charge in [-0.05, 0) is 23.3 Å². The van der Waals surface area contributed by atoms with Gasteiger partial charge in [0.15, 0.2) is 0 Å². The van der Waals surface area contributed by atoms with Crippen LogP contribution in [0.1, 0.15) is 16.5 Å². The maximum Gasteiger partial charge on any atom is 0.138 e. The van der Waals surface area contributed by atoms with E-state index in [4.69, 9.17) is 39.5 Å². The van der Waals surface area contributed by atoms with Crippen LogP contribution >= 0.6 is 50.7 Å². The van der Waals surface area contributed by atoms with Crippen molar-refractivity contribution >= 4 is 50.7 Å². The molecule has 0 aliphatic carbocycles. The van der Waals surface area contributed by atoms with Crippen molar-refractivity contribution < 1.29 is 4.74 Å². The first-order valence-corrected chi connectivity index (χ1v) is 7.44. The van der Waals surface area contributed by atoms with E-state index in [0.29, 0.717) is 15.8 Å². The van der Waals surface area contributed by atoms with Gasteiger partial charge in [0.2, 0.25) is 0 Å². The quantitative estimate of drug-likeness (QED) is 0.585. The highest BCUT2D eigenvalue weighted by Gasteiger charge is 2.18. The zero-order chi connectivity index (χ0) is 14.0. The lowest BCUT2D eigenvalue weighted by atomic mass is 10.0. The summed E-state index contributed by atoms with van der Waals surface area (Å²) in [5.41, 5.74) is 1.69. The monoisotopic (exact) mass is 378 g/mol. The van der Waals surface area contributed by atoms with Crippen molar-refractivity contribution in [3.8, 4) is 5.75 Å². The lowest BCUT2D eigenvalue weighted by molar-refractivity contribution is 0.415. The normalized spacial score (nSPS) is 12.3. The first-order chi connectivity index (χ1) is 9.04. The fourth-order valence-corrected chi connectivity index (χ4v) is 3.33. The minimum absolute atomic E-state index is 0.383. The van der Waals surface area contributed by atoms with Crippen LogP contribution in [0.5, 0.6) is 5.75 Å². The van der Waals surface area contributed by atoms with E-state index in [-0.39, 0.29) is 5.38 Å². The third-order valence-corrected chi connectivity index (χ3v) is 4.54. The van der Waals surface area contributed by atoms with Crippen molar-refractivity contribution in [3.05, 3.63) is 62.0 Å². The zero-order valence-corrected chi connectivity index (χ0v) is 13.8. The second-order valence-corrected chi connectivity index (χ2v) is 6.00. The Morgan fingerprint density at radius 1 is 1.05 bits per heavy atom. The second-order valence-electron chi connectivity index (χ2n) is 3.89. The SMILES string of the molecule is COc1cc(Cl)c(C(Cl)c2ccccc2Br)cc1Cl. The molecule has 1 unspecified atom stereocenters. The highest BCUT2D eigenvalue weighted by molar-refractivity contribution is 9.10. The van der Waals surface area contributed by atoms with E-state index in [2.05, 4.69) is 15.9 Å². The number of ether oxygens (including phenoxy) is 1. The molecule has 0 heterocycles. The summed E-state index contributed by atoms with van der Waals surface area (Å²) in [7, 11) is 1.54. The van der Waals surface area contributed by atoms with Crippen LogP contribution in [-0.2, 0) is 0 Å². The van der Waals surface area contributed by atoms with Crippen molar-refractivity contribution in [1.29, 1.82) is 0 Å². The van der Waals surface area contributed by atoms with Gasteiger partial charge in [0.1, 0.15) is 5.75 Å². The summed E-state index contributed by atoms with van der Waals surface area (Å²) in [4.78, 5) is 0. The summed E-state index contributed by atoms with van der Waals surface area (Å²) < 4.78 is 6.05. The first-order valence-electron chi connectivity index (χ1n) is 5.46. The molecule has 0 fully saturated rings. The number of hydrogen-bond donors (Lipinski definition) is 0. The molecule has 2 aromatic carbocycles. The van der Waals surface area contributed by atoms with Crippen LogP contribution in [0.3, 0.4) is 0 Å². The van der Waals surface area contributed by atoms with Crippen LogP contribution in [-0.4, -0.2) is 7.11 Å². The van der Waals surface area contributed by atoms with E-state index in [1.807, 2.05) is 24.3 Å². The van der Waals surface area contributed by atoms with Gasteiger partial charge in [0.05, 0.1) is 17.5 Å². The second kappa shape index (κ2) is 6.36. The molecule has 0 N–H and O–H groups in total. The molecule has 0 aromatic heterocycles. The van der Waals surface area contributed by atoms with Gasteiger partial charge in [0.25, 0.3) is 0 Å². The van der Waals surface area contributed by atoms with Crippen molar-refractivity contribution in [2.45, 2.75) is 5.38 Å². The van der Waals surface area contributed by atoms with E-state index < -0.39 is 0 Å². The Bertz CT molecular complexity index is 601. The van der Waals surface area contributed by atoms with Crippen LogP contribution in [0, 0.1) is 0 Å². The molecule has 0 amide bonds. The van der Waals surface area contributed by atoms with Crippen LogP contribution < -0.4 is 4.74 Å². The maximum atomic E-state index is 6.50. The van der Waals surface area contributed by atoms with Crippen molar-refractivity contribution in [3.63, 3.8) is 0 Å². The predicted molar refractivity (Wildman–Crippen MR) is 84.9 cm³/mol. The Labute approximate surface area is 135 Å². The van der Waals surface area contributed by atoms with E-state index >= 15 is 0 Å². The molecule has 100 valence electrons.